The maximum atomic E-state index is 12.5. The third-order valence-corrected chi connectivity index (χ3v) is 4.49. The highest BCUT2D eigenvalue weighted by atomic mass is 16.5. The summed E-state index contributed by atoms with van der Waals surface area (Å²) in [5, 5.41) is 11.9. The second-order valence-corrected chi connectivity index (χ2v) is 6.31. The molecule has 1 unspecified atom stereocenters. The molecule has 2 aliphatic heterocycles. The average molecular weight is 332 g/mol. The van der Waals surface area contributed by atoms with Gasteiger partial charge in [-0.05, 0) is 24.5 Å². The maximum absolute atomic E-state index is 12.5. The van der Waals surface area contributed by atoms with Crippen LogP contribution in [0.3, 0.4) is 0 Å². The Morgan fingerprint density at radius 3 is 2.79 bits per heavy atom. The van der Waals surface area contributed by atoms with Crippen molar-refractivity contribution in [3.8, 4) is 0 Å². The molecular weight excluding hydrogens is 312 g/mol. The molecule has 1 fully saturated rings. The van der Waals surface area contributed by atoms with Crippen LogP contribution in [0.1, 0.15) is 24.8 Å². The van der Waals surface area contributed by atoms with Crippen molar-refractivity contribution in [3.05, 3.63) is 29.8 Å². The third kappa shape index (κ3) is 3.41. The van der Waals surface area contributed by atoms with Crippen molar-refractivity contribution in [1.82, 2.24) is 5.32 Å². The summed E-state index contributed by atoms with van der Waals surface area (Å²) < 4.78 is 5.27. The fourth-order valence-electron chi connectivity index (χ4n) is 3.33. The van der Waals surface area contributed by atoms with E-state index in [1.54, 1.807) is 0 Å². The summed E-state index contributed by atoms with van der Waals surface area (Å²) in [4.78, 5) is 37.2. The van der Waals surface area contributed by atoms with Crippen LogP contribution in [0.15, 0.2) is 24.3 Å². The Morgan fingerprint density at radius 2 is 2.08 bits per heavy atom. The van der Waals surface area contributed by atoms with Gasteiger partial charge in [-0.2, -0.15) is 0 Å². The molecule has 1 atom stereocenters. The van der Waals surface area contributed by atoms with Gasteiger partial charge < -0.3 is 20.1 Å². The predicted octanol–water partition coefficient (Wildman–Crippen LogP) is 0.716. The molecule has 0 spiro atoms. The van der Waals surface area contributed by atoms with Crippen molar-refractivity contribution in [3.63, 3.8) is 0 Å². The number of aliphatic carboxylic acids is 1. The summed E-state index contributed by atoms with van der Waals surface area (Å²) in [7, 11) is 0. The Labute approximate surface area is 139 Å². The Morgan fingerprint density at radius 1 is 1.29 bits per heavy atom. The lowest BCUT2D eigenvalue weighted by Crippen LogP contribution is -2.54. The number of carbonyl (C=O) groups is 3. The molecule has 0 saturated carbocycles. The van der Waals surface area contributed by atoms with Crippen LogP contribution in [0.2, 0.25) is 0 Å². The van der Waals surface area contributed by atoms with Crippen LogP contribution < -0.4 is 10.2 Å². The fraction of sp³-hybridized carbons (Fsp3) is 0.471. The highest BCUT2D eigenvalue weighted by Crippen LogP contribution is 2.28. The number of fused-ring (bicyclic) bond motifs is 1. The van der Waals surface area contributed by atoms with Crippen LogP contribution in [0.25, 0.3) is 0 Å². The standard InChI is InChI=1S/C17H20N2O5/c20-14(18-17(9-16(22)23)7-8-24-11-17)10-19-13-4-2-1-3-12(13)5-6-15(19)21/h1-4H,5-11H2,(H,18,20)(H,22,23). The van der Waals surface area contributed by atoms with Gasteiger partial charge in [-0.1, -0.05) is 18.2 Å². The fourth-order valence-corrected chi connectivity index (χ4v) is 3.33. The molecule has 0 aromatic heterocycles. The third-order valence-electron chi connectivity index (χ3n) is 4.49. The van der Waals surface area contributed by atoms with Crippen molar-refractivity contribution in [2.45, 2.75) is 31.2 Å². The van der Waals surface area contributed by atoms with E-state index in [4.69, 9.17) is 9.84 Å². The first-order valence-corrected chi connectivity index (χ1v) is 7.98. The Balaban J connectivity index is 1.72. The lowest BCUT2D eigenvalue weighted by molar-refractivity contribution is -0.139. The maximum Gasteiger partial charge on any atom is 0.305 e. The number of aryl methyl sites for hydroxylation is 1. The van der Waals surface area contributed by atoms with Gasteiger partial charge >= 0.3 is 5.97 Å². The number of carbonyl (C=O) groups excluding carboxylic acids is 2. The van der Waals surface area contributed by atoms with E-state index in [9.17, 15) is 14.4 Å². The van der Waals surface area contributed by atoms with Gasteiger partial charge in [0.2, 0.25) is 11.8 Å². The largest absolute Gasteiger partial charge is 0.481 e. The number of hydrogen-bond acceptors (Lipinski definition) is 4. The highest BCUT2D eigenvalue weighted by molar-refractivity contribution is 6.01. The predicted molar refractivity (Wildman–Crippen MR) is 85.7 cm³/mol. The monoisotopic (exact) mass is 332 g/mol. The topological polar surface area (TPSA) is 95.9 Å². The van der Waals surface area contributed by atoms with Crippen LogP contribution in [-0.4, -0.2) is 48.2 Å². The highest BCUT2D eigenvalue weighted by Gasteiger charge is 2.39. The quantitative estimate of drug-likeness (QED) is 0.828. The van der Waals surface area contributed by atoms with Crippen LogP contribution in [0, 0.1) is 0 Å². The molecule has 1 aromatic rings. The first kappa shape index (κ1) is 16.4. The van der Waals surface area contributed by atoms with Gasteiger partial charge in [-0.3, -0.25) is 14.4 Å². The summed E-state index contributed by atoms with van der Waals surface area (Å²) in [5.74, 6) is -1.45. The summed E-state index contributed by atoms with van der Waals surface area (Å²) in [6.07, 6.45) is 1.30. The number of amides is 2. The van der Waals surface area contributed by atoms with Crippen molar-refractivity contribution < 1.29 is 24.2 Å². The molecule has 7 nitrogen and oxygen atoms in total. The summed E-state index contributed by atoms with van der Waals surface area (Å²) >= 11 is 0. The molecule has 2 aliphatic rings. The number of para-hydroxylation sites is 1. The van der Waals surface area contributed by atoms with Gasteiger partial charge in [-0.25, -0.2) is 0 Å². The van der Waals surface area contributed by atoms with Crippen molar-refractivity contribution in [2.24, 2.45) is 0 Å². The van der Waals surface area contributed by atoms with E-state index in [0.29, 0.717) is 25.9 Å². The Hall–Kier alpha value is -2.41. The van der Waals surface area contributed by atoms with Crippen molar-refractivity contribution in [1.29, 1.82) is 0 Å². The van der Waals surface area contributed by atoms with Gasteiger partial charge in [0, 0.05) is 18.7 Å². The number of carboxylic acids is 1. The van der Waals surface area contributed by atoms with E-state index >= 15 is 0 Å². The number of carboxylic acid groups (broad SMARTS) is 1. The van der Waals surface area contributed by atoms with Gasteiger partial charge in [-0.15, -0.1) is 0 Å². The molecule has 2 amide bonds. The minimum Gasteiger partial charge on any atom is -0.481 e. The average Bonchev–Trinajstić information content (AvgIpc) is 2.97. The van der Waals surface area contributed by atoms with E-state index < -0.39 is 11.5 Å². The van der Waals surface area contributed by atoms with E-state index in [-0.39, 0.29) is 31.4 Å². The Kier molecular flexibility index (Phi) is 4.53. The number of nitrogens with one attached hydrogen (secondary N) is 1. The van der Waals surface area contributed by atoms with E-state index in [1.807, 2.05) is 24.3 Å². The normalized spacial score (nSPS) is 23.0. The van der Waals surface area contributed by atoms with Crippen LogP contribution in [0.5, 0.6) is 0 Å². The zero-order valence-corrected chi connectivity index (χ0v) is 13.3. The first-order chi connectivity index (χ1) is 11.5. The number of hydrogen-bond donors (Lipinski definition) is 2. The van der Waals surface area contributed by atoms with Crippen molar-refractivity contribution in [2.75, 3.05) is 24.7 Å². The summed E-state index contributed by atoms with van der Waals surface area (Å²) in [5.41, 5.74) is 0.898. The SMILES string of the molecule is O=C(O)CC1(NC(=O)CN2C(=O)CCc3ccccc32)CCOC1. The molecule has 2 heterocycles. The summed E-state index contributed by atoms with van der Waals surface area (Å²) in [6.45, 7) is 0.478. The minimum atomic E-state index is -0.986. The van der Waals surface area contributed by atoms with E-state index in [1.165, 1.54) is 4.90 Å². The van der Waals surface area contributed by atoms with Crippen LogP contribution in [0.4, 0.5) is 5.69 Å². The van der Waals surface area contributed by atoms with Crippen LogP contribution in [-0.2, 0) is 25.5 Å². The molecule has 3 rings (SSSR count). The number of nitrogens with zero attached hydrogens (tertiary/aromatic N) is 1. The Bertz CT molecular complexity index is 667. The molecule has 24 heavy (non-hydrogen) atoms. The van der Waals surface area contributed by atoms with E-state index in [2.05, 4.69) is 5.32 Å². The lowest BCUT2D eigenvalue weighted by Gasteiger charge is -2.31. The first-order valence-electron chi connectivity index (χ1n) is 7.98. The molecular formula is C17H20N2O5. The molecule has 0 bridgehead atoms. The molecule has 1 aromatic carbocycles. The minimum absolute atomic E-state index is 0.0983. The number of ether oxygens (including phenoxy) is 1. The van der Waals surface area contributed by atoms with Gasteiger partial charge in [0.25, 0.3) is 0 Å². The molecule has 0 radical (unpaired) electrons. The second-order valence-electron chi connectivity index (χ2n) is 6.31. The van der Waals surface area contributed by atoms with Crippen LogP contribution >= 0.6 is 0 Å². The molecule has 128 valence electrons. The van der Waals surface area contributed by atoms with Gasteiger partial charge in [0.1, 0.15) is 6.54 Å². The molecule has 7 heteroatoms. The van der Waals surface area contributed by atoms with Crippen molar-refractivity contribution >= 4 is 23.5 Å². The lowest BCUT2D eigenvalue weighted by atomic mass is 9.94. The molecule has 1 saturated heterocycles. The van der Waals surface area contributed by atoms with Gasteiger partial charge in [0.15, 0.2) is 0 Å². The second kappa shape index (κ2) is 6.60. The summed E-state index contributed by atoms with van der Waals surface area (Å²) in [6, 6.07) is 7.51. The van der Waals surface area contributed by atoms with E-state index in [0.717, 1.165) is 11.3 Å². The molecule has 0 aliphatic carbocycles. The smallest absolute Gasteiger partial charge is 0.305 e. The zero-order valence-electron chi connectivity index (χ0n) is 13.3. The number of rotatable bonds is 5. The zero-order chi connectivity index (χ0) is 17.2. The molecule has 2 N–H and O–H groups in total. The number of benzene rings is 1. The number of anilines is 1. The van der Waals surface area contributed by atoms with Gasteiger partial charge in [0.05, 0.1) is 18.6 Å².